The van der Waals surface area contributed by atoms with E-state index in [-0.39, 0.29) is 11.7 Å². The van der Waals surface area contributed by atoms with Gasteiger partial charge in [0.2, 0.25) is 0 Å². The summed E-state index contributed by atoms with van der Waals surface area (Å²) < 4.78 is 16.1. The predicted octanol–water partition coefficient (Wildman–Crippen LogP) is 5.09. The maximum atomic E-state index is 13.6. The minimum atomic E-state index is -0.313. The van der Waals surface area contributed by atoms with Crippen LogP contribution in [-0.2, 0) is 6.54 Å². The van der Waals surface area contributed by atoms with E-state index in [1.54, 1.807) is 33.6 Å². The number of aromatic nitrogens is 3. The quantitative estimate of drug-likeness (QED) is 0.386. The first kappa shape index (κ1) is 19.6. The van der Waals surface area contributed by atoms with E-state index in [1.165, 1.54) is 23.5 Å². The van der Waals surface area contributed by atoms with Crippen molar-refractivity contribution in [2.45, 2.75) is 18.4 Å². The normalized spacial score (nSPS) is 11.1. The van der Waals surface area contributed by atoms with Crippen LogP contribution in [0.2, 0.25) is 0 Å². The molecule has 4 rings (SSSR count). The number of benzene rings is 2. The highest BCUT2D eigenvalue weighted by atomic mass is 32.2. The zero-order valence-corrected chi connectivity index (χ0v) is 17.4. The molecule has 0 fully saturated rings. The number of anilines is 1. The van der Waals surface area contributed by atoms with Crippen LogP contribution in [0.5, 0.6) is 0 Å². The fourth-order valence-corrected chi connectivity index (χ4v) is 4.80. The van der Waals surface area contributed by atoms with Crippen molar-refractivity contribution in [2.24, 2.45) is 0 Å². The highest BCUT2D eigenvalue weighted by molar-refractivity contribution is 7.99. The molecule has 148 valence electrons. The molecule has 0 unspecified atom stereocenters. The largest absolute Gasteiger partial charge is 0.282 e. The monoisotopic (exact) mass is 426 g/mol. The van der Waals surface area contributed by atoms with Crippen molar-refractivity contribution in [1.29, 1.82) is 0 Å². The third-order valence-electron chi connectivity index (χ3n) is 4.34. The molecule has 29 heavy (non-hydrogen) atoms. The Labute approximate surface area is 176 Å². The Balaban J connectivity index is 1.72. The highest BCUT2D eigenvalue weighted by Gasteiger charge is 2.23. The van der Waals surface area contributed by atoms with Crippen molar-refractivity contribution in [3.05, 3.63) is 72.3 Å². The van der Waals surface area contributed by atoms with Gasteiger partial charge in [-0.2, -0.15) is 5.10 Å². The molecule has 0 saturated carbocycles. The van der Waals surface area contributed by atoms with Gasteiger partial charge in [-0.1, -0.05) is 30.4 Å². The topological polar surface area (TPSA) is 51.0 Å². The van der Waals surface area contributed by atoms with E-state index in [0.717, 1.165) is 10.6 Å². The summed E-state index contributed by atoms with van der Waals surface area (Å²) in [6, 6.07) is 13.9. The van der Waals surface area contributed by atoms with Crippen LogP contribution in [0, 0.1) is 5.82 Å². The molecule has 0 aliphatic carbocycles. The second-order valence-corrected chi connectivity index (χ2v) is 8.58. The van der Waals surface area contributed by atoms with Gasteiger partial charge in [-0.15, -0.1) is 11.8 Å². The number of nitrogens with zero attached hydrogens (tertiary/aromatic N) is 4. The number of amides is 1. The standard InChI is InChI=1S/C21H19FN4OS2/c1-2-28-18-7-4-3-6-16(18)20(27)26(13-12-25-11-5-10-23-25)21-24-17-9-8-15(22)14-19(17)29-21/h3-11,14H,2,12-13H2,1H3. The smallest absolute Gasteiger partial charge is 0.261 e. The summed E-state index contributed by atoms with van der Waals surface area (Å²) in [6.07, 6.45) is 3.57. The van der Waals surface area contributed by atoms with Gasteiger partial charge in [-0.05, 0) is 42.2 Å². The summed E-state index contributed by atoms with van der Waals surface area (Å²) in [6.45, 7) is 3.00. The first-order chi connectivity index (χ1) is 14.2. The minimum absolute atomic E-state index is 0.117. The van der Waals surface area contributed by atoms with Gasteiger partial charge in [0, 0.05) is 23.8 Å². The van der Waals surface area contributed by atoms with Gasteiger partial charge in [0.15, 0.2) is 5.13 Å². The molecule has 0 aliphatic heterocycles. The molecule has 2 aromatic heterocycles. The molecule has 4 aromatic rings. The number of halogens is 1. The lowest BCUT2D eigenvalue weighted by molar-refractivity contribution is 0.0983. The molecule has 0 spiro atoms. The number of rotatable bonds is 7. The Kier molecular flexibility index (Phi) is 5.92. The molecule has 0 N–H and O–H groups in total. The van der Waals surface area contributed by atoms with Crippen molar-refractivity contribution in [3.8, 4) is 0 Å². The number of fused-ring (bicyclic) bond motifs is 1. The van der Waals surface area contributed by atoms with Gasteiger partial charge in [-0.3, -0.25) is 14.4 Å². The summed E-state index contributed by atoms with van der Waals surface area (Å²) >= 11 is 2.95. The number of hydrogen-bond donors (Lipinski definition) is 0. The van der Waals surface area contributed by atoms with Gasteiger partial charge >= 0.3 is 0 Å². The number of hydrogen-bond acceptors (Lipinski definition) is 5. The Bertz CT molecular complexity index is 1130. The van der Waals surface area contributed by atoms with Crippen molar-refractivity contribution >= 4 is 44.4 Å². The molecule has 2 aromatic carbocycles. The van der Waals surface area contributed by atoms with E-state index in [4.69, 9.17) is 0 Å². The van der Waals surface area contributed by atoms with Gasteiger partial charge in [0.25, 0.3) is 5.91 Å². The van der Waals surface area contributed by atoms with Crippen LogP contribution >= 0.6 is 23.1 Å². The molecule has 8 heteroatoms. The first-order valence-corrected chi connectivity index (χ1v) is 11.0. The van der Waals surface area contributed by atoms with Crippen molar-refractivity contribution in [3.63, 3.8) is 0 Å². The van der Waals surface area contributed by atoms with Gasteiger partial charge < -0.3 is 0 Å². The Morgan fingerprint density at radius 2 is 2.10 bits per heavy atom. The van der Waals surface area contributed by atoms with Crippen molar-refractivity contribution in [1.82, 2.24) is 14.8 Å². The van der Waals surface area contributed by atoms with Crippen molar-refractivity contribution in [2.75, 3.05) is 17.2 Å². The summed E-state index contributed by atoms with van der Waals surface area (Å²) in [4.78, 5) is 20.7. The van der Waals surface area contributed by atoms with E-state index in [2.05, 4.69) is 17.0 Å². The Morgan fingerprint density at radius 1 is 1.24 bits per heavy atom. The maximum absolute atomic E-state index is 13.6. The van der Waals surface area contributed by atoms with Gasteiger partial charge in [0.05, 0.1) is 22.3 Å². The third kappa shape index (κ3) is 4.33. The van der Waals surface area contributed by atoms with Crippen molar-refractivity contribution < 1.29 is 9.18 Å². The second kappa shape index (κ2) is 8.75. The molecule has 0 atom stereocenters. The van der Waals surface area contributed by atoms with Crippen LogP contribution in [0.15, 0.2) is 65.8 Å². The lowest BCUT2D eigenvalue weighted by atomic mass is 10.2. The van der Waals surface area contributed by atoms with E-state index < -0.39 is 0 Å². The zero-order valence-electron chi connectivity index (χ0n) is 15.8. The summed E-state index contributed by atoms with van der Waals surface area (Å²) in [5.74, 6) is 0.442. The highest BCUT2D eigenvalue weighted by Crippen LogP contribution is 2.32. The van der Waals surface area contributed by atoms with Crippen LogP contribution < -0.4 is 4.90 Å². The van der Waals surface area contributed by atoms with Gasteiger partial charge in [0.1, 0.15) is 5.82 Å². The lowest BCUT2D eigenvalue weighted by Gasteiger charge is -2.21. The molecule has 0 saturated heterocycles. The molecule has 1 amide bonds. The number of carbonyl (C=O) groups is 1. The van der Waals surface area contributed by atoms with E-state index in [0.29, 0.717) is 34.0 Å². The zero-order chi connectivity index (χ0) is 20.2. The Morgan fingerprint density at radius 3 is 2.90 bits per heavy atom. The average Bonchev–Trinajstić information content (AvgIpc) is 3.38. The van der Waals surface area contributed by atoms with Crippen LogP contribution in [0.25, 0.3) is 10.2 Å². The number of carbonyl (C=O) groups excluding carboxylic acids is 1. The summed E-state index contributed by atoms with van der Waals surface area (Å²) in [5, 5.41) is 4.78. The number of thioether (sulfide) groups is 1. The van der Waals surface area contributed by atoms with Crippen LogP contribution in [0.1, 0.15) is 17.3 Å². The lowest BCUT2D eigenvalue weighted by Crippen LogP contribution is -2.34. The average molecular weight is 427 g/mol. The molecular formula is C21H19FN4OS2. The maximum Gasteiger partial charge on any atom is 0.261 e. The fourth-order valence-electron chi connectivity index (χ4n) is 2.99. The second-order valence-electron chi connectivity index (χ2n) is 6.26. The molecule has 0 bridgehead atoms. The minimum Gasteiger partial charge on any atom is -0.282 e. The SMILES string of the molecule is CCSc1ccccc1C(=O)N(CCn1cccn1)c1nc2ccc(F)cc2s1. The van der Waals surface area contributed by atoms with Crippen LogP contribution in [0.3, 0.4) is 0 Å². The fraction of sp³-hybridized carbons (Fsp3) is 0.190. The number of thiazole rings is 1. The van der Waals surface area contributed by atoms with E-state index >= 15 is 0 Å². The molecular weight excluding hydrogens is 407 g/mol. The van der Waals surface area contributed by atoms with Crippen LogP contribution in [0.4, 0.5) is 9.52 Å². The molecule has 2 heterocycles. The third-order valence-corrected chi connectivity index (χ3v) is 6.34. The molecule has 0 aliphatic rings. The first-order valence-electron chi connectivity index (χ1n) is 9.23. The van der Waals surface area contributed by atoms with Gasteiger partial charge in [-0.25, -0.2) is 9.37 Å². The molecule has 5 nitrogen and oxygen atoms in total. The molecule has 0 radical (unpaired) electrons. The summed E-state index contributed by atoms with van der Waals surface area (Å²) in [7, 11) is 0. The summed E-state index contributed by atoms with van der Waals surface area (Å²) in [5.41, 5.74) is 1.32. The Hall–Kier alpha value is -2.71. The van der Waals surface area contributed by atoms with E-state index in [9.17, 15) is 9.18 Å². The van der Waals surface area contributed by atoms with Crippen LogP contribution in [-0.4, -0.2) is 33.0 Å². The predicted molar refractivity (Wildman–Crippen MR) is 116 cm³/mol. The van der Waals surface area contributed by atoms with E-state index in [1.807, 2.05) is 36.5 Å².